The average molecular weight is 328 g/mol. The van der Waals surface area contributed by atoms with Crippen molar-refractivity contribution >= 4 is 29.2 Å². The summed E-state index contributed by atoms with van der Waals surface area (Å²) in [6.07, 6.45) is 0.818. The zero-order valence-electron chi connectivity index (χ0n) is 11.7. The second kappa shape index (κ2) is 6.43. The quantitative estimate of drug-likeness (QED) is 0.688. The normalized spacial score (nSPS) is 10.7. The Hall–Kier alpha value is -1.63. The second-order valence-electron chi connectivity index (χ2n) is 4.45. The van der Waals surface area contributed by atoms with Gasteiger partial charge in [-0.15, -0.1) is 0 Å². The summed E-state index contributed by atoms with van der Waals surface area (Å²) in [5.74, 6) is 6.39. The Kier molecular flexibility index (Phi) is 4.82. The molecule has 0 saturated carbocycles. The van der Waals surface area contributed by atoms with Crippen LogP contribution in [-0.4, -0.2) is 21.1 Å². The van der Waals surface area contributed by atoms with Gasteiger partial charge in [0.15, 0.2) is 0 Å². The lowest BCUT2D eigenvalue weighted by Gasteiger charge is -2.17. The highest BCUT2D eigenvalue weighted by Crippen LogP contribution is 2.27. The SMILES string of the molecule is CCCN(N)c1nc(C)n(-c2c(Cl)cccc2Cl)c(=O)n1. The van der Waals surface area contributed by atoms with Crippen LogP contribution in [0.25, 0.3) is 5.69 Å². The lowest BCUT2D eigenvalue weighted by molar-refractivity contribution is 0.730. The summed E-state index contributed by atoms with van der Waals surface area (Å²) in [5, 5.41) is 2.04. The molecule has 0 radical (unpaired) electrons. The number of benzene rings is 1. The fourth-order valence-electron chi connectivity index (χ4n) is 1.92. The van der Waals surface area contributed by atoms with Crippen LogP contribution in [-0.2, 0) is 0 Å². The highest BCUT2D eigenvalue weighted by molar-refractivity contribution is 6.37. The first-order chi connectivity index (χ1) is 9.95. The lowest BCUT2D eigenvalue weighted by Crippen LogP contribution is -2.37. The van der Waals surface area contributed by atoms with Crippen LogP contribution < -0.4 is 16.5 Å². The van der Waals surface area contributed by atoms with E-state index in [2.05, 4.69) is 9.97 Å². The Balaban J connectivity index is 2.60. The van der Waals surface area contributed by atoms with E-state index in [1.807, 2.05) is 6.92 Å². The second-order valence-corrected chi connectivity index (χ2v) is 5.27. The molecule has 0 aliphatic rings. The summed E-state index contributed by atoms with van der Waals surface area (Å²) in [6, 6.07) is 5.00. The Morgan fingerprint density at radius 2 is 1.90 bits per heavy atom. The number of nitrogens with zero attached hydrogens (tertiary/aromatic N) is 4. The number of hydrogen-bond donors (Lipinski definition) is 1. The van der Waals surface area contributed by atoms with Gasteiger partial charge in [0, 0.05) is 6.54 Å². The minimum Gasteiger partial charge on any atom is -0.279 e. The summed E-state index contributed by atoms with van der Waals surface area (Å²) in [5.41, 5.74) is -0.159. The van der Waals surface area contributed by atoms with E-state index in [0.29, 0.717) is 28.1 Å². The first-order valence-corrected chi connectivity index (χ1v) is 7.15. The Bertz CT molecular complexity index is 696. The topological polar surface area (TPSA) is 77.0 Å². The van der Waals surface area contributed by atoms with Crippen LogP contribution in [0, 0.1) is 6.92 Å². The highest BCUT2D eigenvalue weighted by atomic mass is 35.5. The molecule has 1 aromatic carbocycles. The predicted octanol–water partition coefficient (Wildman–Crippen LogP) is 2.33. The fraction of sp³-hybridized carbons (Fsp3) is 0.308. The molecule has 0 unspecified atom stereocenters. The summed E-state index contributed by atoms with van der Waals surface area (Å²) in [4.78, 5) is 20.4. The largest absolute Gasteiger partial charge is 0.357 e. The van der Waals surface area contributed by atoms with Gasteiger partial charge in [-0.3, -0.25) is 5.01 Å². The predicted molar refractivity (Wildman–Crippen MR) is 84.2 cm³/mol. The molecule has 6 nitrogen and oxygen atoms in total. The number of rotatable bonds is 4. The number of hydrazine groups is 1. The van der Waals surface area contributed by atoms with Gasteiger partial charge in [0.25, 0.3) is 0 Å². The maximum Gasteiger partial charge on any atom is 0.357 e. The van der Waals surface area contributed by atoms with Crippen LogP contribution in [0.5, 0.6) is 0 Å². The average Bonchev–Trinajstić information content (AvgIpc) is 2.41. The van der Waals surface area contributed by atoms with Gasteiger partial charge in [-0.25, -0.2) is 15.2 Å². The molecule has 0 fully saturated rings. The van der Waals surface area contributed by atoms with Gasteiger partial charge in [-0.1, -0.05) is 36.2 Å². The number of hydrogen-bond acceptors (Lipinski definition) is 5. The van der Waals surface area contributed by atoms with E-state index >= 15 is 0 Å². The molecule has 0 spiro atoms. The number of halogens is 2. The number of nitrogens with two attached hydrogens (primary N) is 1. The molecule has 1 aromatic heterocycles. The molecule has 2 aromatic rings. The molecule has 0 amide bonds. The fourth-order valence-corrected chi connectivity index (χ4v) is 2.49. The van der Waals surface area contributed by atoms with Crippen LogP contribution in [0.4, 0.5) is 5.95 Å². The molecule has 0 atom stereocenters. The monoisotopic (exact) mass is 327 g/mol. The van der Waals surface area contributed by atoms with Crippen molar-refractivity contribution in [3.63, 3.8) is 0 Å². The van der Waals surface area contributed by atoms with E-state index in [1.165, 1.54) is 9.58 Å². The summed E-state index contributed by atoms with van der Waals surface area (Å²) in [7, 11) is 0. The molecule has 8 heteroatoms. The van der Waals surface area contributed by atoms with Crippen LogP contribution >= 0.6 is 23.2 Å². The maximum absolute atomic E-state index is 12.3. The molecule has 2 rings (SSSR count). The van der Waals surface area contributed by atoms with Gasteiger partial charge in [-0.2, -0.15) is 9.97 Å². The molecule has 1 heterocycles. The Labute approximate surface area is 132 Å². The molecule has 0 bridgehead atoms. The Morgan fingerprint density at radius 3 is 2.43 bits per heavy atom. The van der Waals surface area contributed by atoms with Crippen molar-refractivity contribution in [3.8, 4) is 5.69 Å². The molecule has 0 aliphatic carbocycles. The first kappa shape index (κ1) is 15.8. The first-order valence-electron chi connectivity index (χ1n) is 6.40. The van der Waals surface area contributed by atoms with E-state index in [4.69, 9.17) is 29.0 Å². The number of para-hydroxylation sites is 1. The lowest BCUT2D eigenvalue weighted by atomic mass is 10.3. The van der Waals surface area contributed by atoms with Gasteiger partial charge in [-0.05, 0) is 25.5 Å². The molecule has 0 saturated heterocycles. The molecule has 2 N–H and O–H groups in total. The highest BCUT2D eigenvalue weighted by Gasteiger charge is 2.16. The minimum atomic E-state index is -0.529. The van der Waals surface area contributed by atoms with Crippen molar-refractivity contribution in [2.24, 2.45) is 5.84 Å². The van der Waals surface area contributed by atoms with Gasteiger partial charge in [0.2, 0.25) is 5.95 Å². The third-order valence-electron chi connectivity index (χ3n) is 2.85. The summed E-state index contributed by atoms with van der Waals surface area (Å²) < 4.78 is 1.27. The maximum atomic E-state index is 12.3. The molecule has 21 heavy (non-hydrogen) atoms. The van der Waals surface area contributed by atoms with Crippen molar-refractivity contribution in [1.29, 1.82) is 0 Å². The smallest absolute Gasteiger partial charge is 0.279 e. The standard InChI is InChI=1S/C13H15Cl2N5O/c1-3-7-19(16)12-17-8(2)20(13(21)18-12)11-9(14)5-4-6-10(11)15/h4-6H,3,7,16H2,1-2H3. The molecule has 0 aliphatic heterocycles. The summed E-state index contributed by atoms with van der Waals surface area (Å²) >= 11 is 12.3. The zero-order valence-corrected chi connectivity index (χ0v) is 13.2. The number of aromatic nitrogens is 3. The van der Waals surface area contributed by atoms with Crippen LogP contribution in [0.2, 0.25) is 10.0 Å². The summed E-state index contributed by atoms with van der Waals surface area (Å²) in [6.45, 7) is 4.19. The van der Waals surface area contributed by atoms with Crippen molar-refractivity contribution in [1.82, 2.24) is 14.5 Å². The number of aryl methyl sites for hydroxylation is 1. The van der Waals surface area contributed by atoms with E-state index in [9.17, 15) is 4.79 Å². The van der Waals surface area contributed by atoms with Gasteiger partial charge in [0.1, 0.15) is 5.82 Å². The third kappa shape index (κ3) is 3.18. The molecular weight excluding hydrogens is 313 g/mol. The van der Waals surface area contributed by atoms with E-state index in [0.717, 1.165) is 6.42 Å². The van der Waals surface area contributed by atoms with E-state index in [-0.39, 0.29) is 5.95 Å². The van der Waals surface area contributed by atoms with Gasteiger partial charge < -0.3 is 0 Å². The third-order valence-corrected chi connectivity index (χ3v) is 3.46. The minimum absolute atomic E-state index is 0.179. The Morgan fingerprint density at radius 1 is 1.29 bits per heavy atom. The zero-order chi connectivity index (χ0) is 15.6. The van der Waals surface area contributed by atoms with Crippen LogP contribution in [0.1, 0.15) is 19.2 Å². The van der Waals surface area contributed by atoms with Crippen LogP contribution in [0.3, 0.4) is 0 Å². The van der Waals surface area contributed by atoms with Crippen molar-refractivity contribution < 1.29 is 0 Å². The van der Waals surface area contributed by atoms with Crippen molar-refractivity contribution in [2.75, 3.05) is 11.6 Å². The van der Waals surface area contributed by atoms with Crippen molar-refractivity contribution in [3.05, 3.63) is 44.6 Å². The molecular formula is C13H15Cl2N5O. The van der Waals surface area contributed by atoms with Gasteiger partial charge in [0.05, 0.1) is 15.7 Å². The van der Waals surface area contributed by atoms with Crippen LogP contribution in [0.15, 0.2) is 23.0 Å². The van der Waals surface area contributed by atoms with Gasteiger partial charge >= 0.3 is 5.69 Å². The van der Waals surface area contributed by atoms with Crippen molar-refractivity contribution in [2.45, 2.75) is 20.3 Å². The van der Waals surface area contributed by atoms with E-state index in [1.54, 1.807) is 25.1 Å². The van der Waals surface area contributed by atoms with E-state index < -0.39 is 5.69 Å². The number of anilines is 1. The molecule has 112 valence electrons.